The number of halogens is 2. The molecule has 0 fully saturated rings. The Morgan fingerprint density at radius 3 is 2.55 bits per heavy atom. The monoisotopic (exact) mass is 521 g/mol. The second-order valence-electron chi connectivity index (χ2n) is 9.87. The van der Waals surface area contributed by atoms with Crippen molar-refractivity contribution in [2.75, 3.05) is 18.6 Å². The maximum absolute atomic E-state index is 15.3. The average Bonchev–Trinajstić information content (AvgIpc) is 2.89. The molecule has 0 saturated carbocycles. The van der Waals surface area contributed by atoms with Crippen LogP contribution in [0.5, 0.6) is 11.5 Å². The van der Waals surface area contributed by atoms with Crippen molar-refractivity contribution in [3.05, 3.63) is 74.8 Å². The standard InChI is InChI=1S/C30H29F2NO5/c1-15-18-7-6-10-38-29(18)24(32)11-20(15)28-17(3)22-14-33(25-9-5-8-23(31)30(25)37-4)26(34)12-19(22)16(2)21(28)13-27(35)36/h5,8-9,11H,6-7,10,12-14H2,1-4H3,(H,35,36). The Morgan fingerprint density at radius 1 is 1.08 bits per heavy atom. The summed E-state index contributed by atoms with van der Waals surface area (Å²) < 4.78 is 40.6. The minimum absolute atomic E-state index is 0.0194. The Kier molecular flexibility index (Phi) is 6.59. The van der Waals surface area contributed by atoms with Gasteiger partial charge < -0.3 is 19.5 Å². The van der Waals surface area contributed by atoms with Crippen LogP contribution in [-0.2, 0) is 35.4 Å². The quantitative estimate of drug-likeness (QED) is 0.473. The molecule has 0 bridgehead atoms. The summed E-state index contributed by atoms with van der Waals surface area (Å²) in [6.45, 7) is 6.21. The van der Waals surface area contributed by atoms with Crippen LogP contribution >= 0.6 is 0 Å². The third-order valence-electron chi connectivity index (χ3n) is 7.82. The van der Waals surface area contributed by atoms with Crippen molar-refractivity contribution in [1.82, 2.24) is 0 Å². The molecule has 0 radical (unpaired) electrons. The van der Waals surface area contributed by atoms with Crippen molar-refractivity contribution in [2.24, 2.45) is 0 Å². The Hall–Kier alpha value is -3.94. The second-order valence-corrected chi connectivity index (χ2v) is 9.87. The number of carboxylic acid groups (broad SMARTS) is 1. The highest BCUT2D eigenvalue weighted by Gasteiger charge is 2.33. The topological polar surface area (TPSA) is 76.1 Å². The van der Waals surface area contributed by atoms with Crippen LogP contribution < -0.4 is 14.4 Å². The minimum atomic E-state index is -1.01. The maximum atomic E-state index is 15.3. The Bertz CT molecular complexity index is 1500. The number of ether oxygens (including phenoxy) is 2. The largest absolute Gasteiger partial charge is 0.492 e. The lowest BCUT2D eigenvalue weighted by molar-refractivity contribution is -0.136. The summed E-state index contributed by atoms with van der Waals surface area (Å²) in [5, 5.41) is 9.78. The van der Waals surface area contributed by atoms with Crippen molar-refractivity contribution in [2.45, 2.75) is 53.0 Å². The van der Waals surface area contributed by atoms with Crippen molar-refractivity contribution in [3.63, 3.8) is 0 Å². The molecule has 1 amide bonds. The summed E-state index contributed by atoms with van der Waals surface area (Å²) >= 11 is 0. The SMILES string of the molecule is COc1c(F)cccc1N1Cc2c(C)c(-c3cc(F)c4c(c3C)CCCO4)c(CC(=O)O)c(C)c2CC1=O. The van der Waals surface area contributed by atoms with E-state index >= 15 is 4.39 Å². The van der Waals surface area contributed by atoms with Crippen molar-refractivity contribution in [3.8, 4) is 22.6 Å². The predicted octanol–water partition coefficient (Wildman–Crippen LogP) is 5.61. The molecule has 0 aliphatic carbocycles. The van der Waals surface area contributed by atoms with Gasteiger partial charge in [0.15, 0.2) is 23.1 Å². The highest BCUT2D eigenvalue weighted by Crippen LogP contribution is 2.44. The number of rotatable bonds is 5. The molecule has 6 nitrogen and oxygen atoms in total. The summed E-state index contributed by atoms with van der Waals surface area (Å²) in [7, 11) is 1.35. The van der Waals surface area contributed by atoms with E-state index in [2.05, 4.69) is 0 Å². The van der Waals surface area contributed by atoms with Crippen molar-refractivity contribution in [1.29, 1.82) is 0 Å². The second kappa shape index (κ2) is 9.74. The van der Waals surface area contributed by atoms with E-state index in [0.29, 0.717) is 41.0 Å². The van der Waals surface area contributed by atoms with Gasteiger partial charge in [-0.2, -0.15) is 0 Å². The average molecular weight is 522 g/mol. The number of carbonyl (C=O) groups excluding carboxylic acids is 1. The van der Waals surface area contributed by atoms with Crippen LogP contribution in [0.3, 0.4) is 0 Å². The lowest BCUT2D eigenvalue weighted by Gasteiger charge is -2.34. The number of amides is 1. The van der Waals surface area contributed by atoms with Crippen molar-refractivity contribution >= 4 is 17.6 Å². The summed E-state index contributed by atoms with van der Waals surface area (Å²) in [5.41, 5.74) is 6.90. The first-order chi connectivity index (χ1) is 18.1. The first-order valence-corrected chi connectivity index (χ1v) is 12.6. The summed E-state index contributed by atoms with van der Waals surface area (Å²) in [6.07, 6.45) is 1.21. The number of para-hydroxylation sites is 1. The van der Waals surface area contributed by atoms with Gasteiger partial charge in [-0.05, 0) is 96.3 Å². The molecule has 0 atom stereocenters. The minimum Gasteiger partial charge on any atom is -0.492 e. The van der Waals surface area contributed by atoms with E-state index in [-0.39, 0.29) is 36.8 Å². The highest BCUT2D eigenvalue weighted by molar-refractivity contribution is 5.99. The fourth-order valence-electron chi connectivity index (χ4n) is 5.93. The third kappa shape index (κ3) is 4.08. The van der Waals surface area contributed by atoms with Crippen LogP contribution in [0.4, 0.5) is 14.5 Å². The van der Waals surface area contributed by atoms with E-state index in [9.17, 15) is 19.1 Å². The molecular formula is C30H29F2NO5. The van der Waals surface area contributed by atoms with Crippen LogP contribution in [-0.4, -0.2) is 30.7 Å². The van der Waals surface area contributed by atoms with E-state index in [1.54, 1.807) is 6.07 Å². The van der Waals surface area contributed by atoms with E-state index in [1.807, 2.05) is 20.8 Å². The number of benzene rings is 3. The number of hydrogen-bond acceptors (Lipinski definition) is 4. The number of fused-ring (bicyclic) bond motifs is 2. The Morgan fingerprint density at radius 2 is 1.84 bits per heavy atom. The molecule has 1 N–H and O–H groups in total. The van der Waals surface area contributed by atoms with Crippen LogP contribution in [0.1, 0.15) is 45.4 Å². The molecule has 8 heteroatoms. The number of methoxy groups -OCH3 is 1. The van der Waals surface area contributed by atoms with Crippen LogP contribution in [0.15, 0.2) is 24.3 Å². The molecule has 5 rings (SSSR count). The number of hydrogen-bond donors (Lipinski definition) is 1. The van der Waals surface area contributed by atoms with Gasteiger partial charge >= 0.3 is 5.97 Å². The van der Waals surface area contributed by atoms with Gasteiger partial charge in [0.25, 0.3) is 0 Å². The van der Waals surface area contributed by atoms with E-state index in [4.69, 9.17) is 9.47 Å². The molecular weight excluding hydrogens is 492 g/mol. The van der Waals surface area contributed by atoms with Gasteiger partial charge in [0.1, 0.15) is 0 Å². The molecule has 3 aromatic carbocycles. The third-order valence-corrected chi connectivity index (χ3v) is 7.82. The van der Waals surface area contributed by atoms with Crippen LogP contribution in [0, 0.1) is 32.4 Å². The fourth-order valence-corrected chi connectivity index (χ4v) is 5.93. The van der Waals surface area contributed by atoms with Gasteiger partial charge in [-0.3, -0.25) is 9.59 Å². The lowest BCUT2D eigenvalue weighted by atomic mass is 9.79. The maximum Gasteiger partial charge on any atom is 0.307 e. The molecule has 2 aliphatic rings. The molecule has 3 aromatic rings. The Labute approximate surface area is 219 Å². The first-order valence-electron chi connectivity index (χ1n) is 12.6. The Balaban J connectivity index is 1.75. The van der Waals surface area contributed by atoms with Crippen LogP contribution in [0.2, 0.25) is 0 Å². The molecule has 38 heavy (non-hydrogen) atoms. The zero-order valence-corrected chi connectivity index (χ0v) is 21.8. The van der Waals surface area contributed by atoms with E-state index < -0.39 is 17.6 Å². The van der Waals surface area contributed by atoms with Gasteiger partial charge in [0, 0.05) is 5.56 Å². The molecule has 0 unspecified atom stereocenters. The number of nitrogens with zero attached hydrogens (tertiary/aromatic N) is 1. The summed E-state index contributed by atoms with van der Waals surface area (Å²) in [4.78, 5) is 26.8. The predicted molar refractivity (Wildman–Crippen MR) is 139 cm³/mol. The summed E-state index contributed by atoms with van der Waals surface area (Å²) in [6, 6.07) is 5.86. The van der Waals surface area contributed by atoms with Gasteiger partial charge in [-0.25, -0.2) is 8.78 Å². The van der Waals surface area contributed by atoms with Crippen molar-refractivity contribution < 1.29 is 33.0 Å². The molecule has 0 saturated heterocycles. The van der Waals surface area contributed by atoms with E-state index in [1.165, 1.54) is 30.2 Å². The van der Waals surface area contributed by atoms with Crippen LogP contribution in [0.25, 0.3) is 11.1 Å². The molecule has 198 valence electrons. The number of anilines is 1. The molecule has 2 aliphatic heterocycles. The lowest BCUT2D eigenvalue weighted by Crippen LogP contribution is -2.37. The zero-order valence-electron chi connectivity index (χ0n) is 21.8. The molecule has 2 heterocycles. The van der Waals surface area contributed by atoms with Gasteiger partial charge in [-0.1, -0.05) is 6.07 Å². The molecule has 0 spiro atoms. The molecule has 0 aromatic heterocycles. The number of aliphatic carboxylic acids is 1. The normalized spacial score (nSPS) is 14.6. The zero-order chi connectivity index (χ0) is 27.3. The smallest absolute Gasteiger partial charge is 0.307 e. The summed E-state index contributed by atoms with van der Waals surface area (Å²) in [5.74, 6) is -2.06. The van der Waals surface area contributed by atoms with Gasteiger partial charge in [-0.15, -0.1) is 0 Å². The van der Waals surface area contributed by atoms with Gasteiger partial charge in [0.05, 0.1) is 38.8 Å². The first kappa shape index (κ1) is 25.7. The fraction of sp³-hybridized carbons (Fsp3) is 0.333. The van der Waals surface area contributed by atoms with E-state index in [0.717, 1.165) is 34.2 Å². The number of carbonyl (C=O) groups is 2. The number of carboxylic acids is 1. The highest BCUT2D eigenvalue weighted by atomic mass is 19.1. The van der Waals surface area contributed by atoms with Gasteiger partial charge in [0.2, 0.25) is 5.91 Å².